The maximum Gasteiger partial charge on any atom is 0.137 e. The van der Waals surface area contributed by atoms with Crippen molar-refractivity contribution in [3.63, 3.8) is 0 Å². The first kappa shape index (κ1) is 10.2. The number of nitrogens with zero attached hydrogens (tertiary/aromatic N) is 3. The lowest BCUT2D eigenvalue weighted by atomic mass is 10.3. The Morgan fingerprint density at radius 2 is 1.93 bits per heavy atom. The standard InChI is InChI=1S/C11H17N3O/c1-13-5-7-14(8-6-13)11-4-3-10(15-2)9-12-11/h3-4,9H,5-8H2,1-2H3. The molecule has 0 aromatic carbocycles. The Bertz CT molecular complexity index is 304. The van der Waals surface area contributed by atoms with Crippen molar-refractivity contribution in [2.75, 3.05) is 45.2 Å². The molecule has 4 heteroatoms. The van der Waals surface area contributed by atoms with Crippen LogP contribution in [0.1, 0.15) is 0 Å². The lowest BCUT2D eigenvalue weighted by Gasteiger charge is -2.33. The quantitative estimate of drug-likeness (QED) is 0.718. The van der Waals surface area contributed by atoms with E-state index in [0.717, 1.165) is 37.7 Å². The largest absolute Gasteiger partial charge is 0.495 e. The Kier molecular flexibility index (Phi) is 3.06. The second-order valence-electron chi connectivity index (χ2n) is 3.85. The van der Waals surface area contributed by atoms with E-state index in [1.165, 1.54) is 0 Å². The molecule has 82 valence electrons. The molecule has 1 saturated heterocycles. The van der Waals surface area contributed by atoms with Crippen LogP contribution in [0, 0.1) is 0 Å². The van der Waals surface area contributed by atoms with Crippen molar-refractivity contribution in [3.05, 3.63) is 18.3 Å². The predicted octanol–water partition coefficient (Wildman–Crippen LogP) is 0.842. The summed E-state index contributed by atoms with van der Waals surface area (Å²) in [5, 5.41) is 0. The van der Waals surface area contributed by atoms with E-state index in [-0.39, 0.29) is 0 Å². The number of likely N-dealkylation sites (N-methyl/N-ethyl adjacent to an activating group) is 1. The van der Waals surface area contributed by atoms with E-state index in [1.807, 2.05) is 12.1 Å². The van der Waals surface area contributed by atoms with Gasteiger partial charge in [-0.25, -0.2) is 4.98 Å². The van der Waals surface area contributed by atoms with E-state index in [4.69, 9.17) is 4.74 Å². The maximum atomic E-state index is 5.08. The molecule has 1 aliphatic heterocycles. The zero-order valence-corrected chi connectivity index (χ0v) is 9.31. The van der Waals surface area contributed by atoms with Gasteiger partial charge in [-0.1, -0.05) is 0 Å². The van der Waals surface area contributed by atoms with Gasteiger partial charge in [0.05, 0.1) is 13.3 Å². The summed E-state index contributed by atoms with van der Waals surface area (Å²) in [6.07, 6.45) is 1.77. The SMILES string of the molecule is COc1ccc(N2CCN(C)CC2)nc1. The molecule has 4 nitrogen and oxygen atoms in total. The van der Waals surface area contributed by atoms with Crippen LogP contribution in [0.3, 0.4) is 0 Å². The molecular weight excluding hydrogens is 190 g/mol. The van der Waals surface area contributed by atoms with E-state index in [0.29, 0.717) is 0 Å². The molecular formula is C11H17N3O. The smallest absolute Gasteiger partial charge is 0.137 e. The summed E-state index contributed by atoms with van der Waals surface area (Å²) in [5.74, 6) is 1.86. The molecule has 0 amide bonds. The first-order chi connectivity index (χ1) is 7.29. The van der Waals surface area contributed by atoms with E-state index in [2.05, 4.69) is 21.8 Å². The third kappa shape index (κ3) is 2.39. The number of pyridine rings is 1. The lowest BCUT2D eigenvalue weighted by Crippen LogP contribution is -2.44. The molecule has 0 aliphatic carbocycles. The number of hydrogen-bond acceptors (Lipinski definition) is 4. The van der Waals surface area contributed by atoms with Crippen molar-refractivity contribution in [1.82, 2.24) is 9.88 Å². The average molecular weight is 207 g/mol. The first-order valence-corrected chi connectivity index (χ1v) is 5.23. The molecule has 0 radical (unpaired) electrons. The molecule has 0 spiro atoms. The van der Waals surface area contributed by atoms with Gasteiger partial charge in [0.15, 0.2) is 0 Å². The molecule has 0 saturated carbocycles. The summed E-state index contributed by atoms with van der Waals surface area (Å²) in [4.78, 5) is 9.02. The first-order valence-electron chi connectivity index (χ1n) is 5.23. The summed E-state index contributed by atoms with van der Waals surface area (Å²) >= 11 is 0. The number of aromatic nitrogens is 1. The molecule has 0 atom stereocenters. The average Bonchev–Trinajstić information content (AvgIpc) is 2.30. The fourth-order valence-corrected chi connectivity index (χ4v) is 1.72. The third-order valence-corrected chi connectivity index (χ3v) is 2.78. The van der Waals surface area contributed by atoms with Crippen molar-refractivity contribution >= 4 is 5.82 Å². The van der Waals surface area contributed by atoms with Crippen molar-refractivity contribution in [1.29, 1.82) is 0 Å². The summed E-state index contributed by atoms with van der Waals surface area (Å²) < 4.78 is 5.08. The fourth-order valence-electron chi connectivity index (χ4n) is 1.72. The molecule has 15 heavy (non-hydrogen) atoms. The Morgan fingerprint density at radius 1 is 1.20 bits per heavy atom. The molecule has 1 fully saturated rings. The molecule has 2 rings (SSSR count). The molecule has 1 aromatic heterocycles. The third-order valence-electron chi connectivity index (χ3n) is 2.78. The predicted molar refractivity (Wildman–Crippen MR) is 60.5 cm³/mol. The summed E-state index contributed by atoms with van der Waals surface area (Å²) in [5.41, 5.74) is 0. The monoisotopic (exact) mass is 207 g/mol. The molecule has 0 bridgehead atoms. The summed E-state index contributed by atoms with van der Waals surface area (Å²) in [6.45, 7) is 4.31. The number of piperazine rings is 1. The number of ether oxygens (including phenoxy) is 1. The number of rotatable bonds is 2. The van der Waals surface area contributed by atoms with Crippen LogP contribution < -0.4 is 9.64 Å². The second kappa shape index (κ2) is 4.49. The normalized spacial score (nSPS) is 17.9. The highest BCUT2D eigenvalue weighted by Gasteiger charge is 2.14. The highest BCUT2D eigenvalue weighted by atomic mass is 16.5. The number of anilines is 1. The Labute approximate surface area is 90.5 Å². The van der Waals surface area contributed by atoms with Gasteiger partial charge in [-0.05, 0) is 19.2 Å². The Hall–Kier alpha value is -1.29. The lowest BCUT2D eigenvalue weighted by molar-refractivity contribution is 0.312. The fraction of sp³-hybridized carbons (Fsp3) is 0.545. The molecule has 1 aliphatic rings. The van der Waals surface area contributed by atoms with E-state index in [1.54, 1.807) is 13.3 Å². The van der Waals surface area contributed by atoms with Crippen molar-refractivity contribution in [3.8, 4) is 5.75 Å². The minimum absolute atomic E-state index is 0.813. The number of hydrogen-bond donors (Lipinski definition) is 0. The van der Waals surface area contributed by atoms with Gasteiger partial charge < -0.3 is 14.5 Å². The van der Waals surface area contributed by atoms with E-state index < -0.39 is 0 Å². The molecule has 0 unspecified atom stereocenters. The van der Waals surface area contributed by atoms with Gasteiger partial charge in [-0.15, -0.1) is 0 Å². The van der Waals surface area contributed by atoms with Crippen LogP contribution in [-0.4, -0.2) is 50.2 Å². The van der Waals surface area contributed by atoms with Gasteiger partial charge in [0.2, 0.25) is 0 Å². The minimum atomic E-state index is 0.813. The summed E-state index contributed by atoms with van der Waals surface area (Å²) in [6, 6.07) is 3.98. The van der Waals surface area contributed by atoms with Gasteiger partial charge in [-0.2, -0.15) is 0 Å². The zero-order chi connectivity index (χ0) is 10.7. The second-order valence-corrected chi connectivity index (χ2v) is 3.85. The number of methoxy groups -OCH3 is 1. The minimum Gasteiger partial charge on any atom is -0.495 e. The Morgan fingerprint density at radius 3 is 2.47 bits per heavy atom. The molecule has 0 N–H and O–H groups in total. The molecule has 2 heterocycles. The van der Waals surface area contributed by atoms with Crippen LogP contribution in [0.25, 0.3) is 0 Å². The van der Waals surface area contributed by atoms with Crippen LogP contribution in [0.2, 0.25) is 0 Å². The Balaban J connectivity index is 2.03. The topological polar surface area (TPSA) is 28.6 Å². The van der Waals surface area contributed by atoms with Crippen LogP contribution in [0.15, 0.2) is 18.3 Å². The van der Waals surface area contributed by atoms with Gasteiger partial charge in [0, 0.05) is 26.2 Å². The van der Waals surface area contributed by atoms with Crippen molar-refractivity contribution in [2.45, 2.75) is 0 Å². The van der Waals surface area contributed by atoms with Crippen LogP contribution in [-0.2, 0) is 0 Å². The van der Waals surface area contributed by atoms with Crippen molar-refractivity contribution in [2.24, 2.45) is 0 Å². The van der Waals surface area contributed by atoms with Gasteiger partial charge in [0.25, 0.3) is 0 Å². The highest BCUT2D eigenvalue weighted by molar-refractivity contribution is 5.41. The van der Waals surface area contributed by atoms with E-state index in [9.17, 15) is 0 Å². The summed E-state index contributed by atoms with van der Waals surface area (Å²) in [7, 11) is 3.81. The molecule has 1 aromatic rings. The van der Waals surface area contributed by atoms with Crippen LogP contribution in [0.4, 0.5) is 5.82 Å². The van der Waals surface area contributed by atoms with Gasteiger partial charge >= 0.3 is 0 Å². The van der Waals surface area contributed by atoms with E-state index >= 15 is 0 Å². The van der Waals surface area contributed by atoms with Crippen LogP contribution in [0.5, 0.6) is 5.75 Å². The van der Waals surface area contributed by atoms with Crippen molar-refractivity contribution < 1.29 is 4.74 Å². The highest BCUT2D eigenvalue weighted by Crippen LogP contribution is 2.16. The van der Waals surface area contributed by atoms with Gasteiger partial charge in [-0.3, -0.25) is 0 Å². The zero-order valence-electron chi connectivity index (χ0n) is 9.31. The maximum absolute atomic E-state index is 5.08. The van der Waals surface area contributed by atoms with Gasteiger partial charge in [0.1, 0.15) is 11.6 Å². The van der Waals surface area contributed by atoms with Crippen LogP contribution >= 0.6 is 0 Å².